The second-order valence-electron chi connectivity index (χ2n) is 4.05. The first-order chi connectivity index (χ1) is 7.80. The summed E-state index contributed by atoms with van der Waals surface area (Å²) in [6.07, 6.45) is -4.41. The standard InChI is InChI=1S/C11H11F3N2O/c1-6-2-3-7(4-8(6)11(12,13)14)16-5-9(15)10(16)17/h2-4,9H,5,15H2,1H3. The van der Waals surface area contributed by atoms with Gasteiger partial charge in [-0.25, -0.2) is 0 Å². The fourth-order valence-corrected chi connectivity index (χ4v) is 1.77. The van der Waals surface area contributed by atoms with E-state index in [1.165, 1.54) is 24.0 Å². The van der Waals surface area contributed by atoms with E-state index in [-0.39, 0.29) is 23.7 Å². The van der Waals surface area contributed by atoms with Crippen LogP contribution in [0.25, 0.3) is 0 Å². The molecule has 0 radical (unpaired) electrons. The Kier molecular flexibility index (Phi) is 2.61. The molecule has 1 saturated heterocycles. The molecule has 1 amide bonds. The van der Waals surface area contributed by atoms with Gasteiger partial charge in [-0.1, -0.05) is 6.07 Å². The Balaban J connectivity index is 2.36. The third kappa shape index (κ3) is 2.00. The number of nitrogens with two attached hydrogens (primary N) is 1. The van der Waals surface area contributed by atoms with Crippen LogP contribution in [0.1, 0.15) is 11.1 Å². The molecule has 1 aromatic rings. The van der Waals surface area contributed by atoms with Gasteiger partial charge in [-0.3, -0.25) is 4.79 Å². The Morgan fingerprint density at radius 3 is 2.53 bits per heavy atom. The average Bonchev–Trinajstić information content (AvgIpc) is 2.25. The molecule has 2 N–H and O–H groups in total. The maximum absolute atomic E-state index is 12.7. The Bertz CT molecular complexity index is 470. The van der Waals surface area contributed by atoms with Crippen LogP contribution in [-0.2, 0) is 11.0 Å². The van der Waals surface area contributed by atoms with Crippen molar-refractivity contribution < 1.29 is 18.0 Å². The zero-order valence-electron chi connectivity index (χ0n) is 9.08. The van der Waals surface area contributed by atoms with Crippen molar-refractivity contribution in [3.8, 4) is 0 Å². The van der Waals surface area contributed by atoms with E-state index in [1.54, 1.807) is 0 Å². The number of β-lactam (4-membered cyclic amide) rings is 1. The molecule has 6 heteroatoms. The van der Waals surface area contributed by atoms with Crippen molar-refractivity contribution in [2.75, 3.05) is 11.4 Å². The van der Waals surface area contributed by atoms with E-state index in [9.17, 15) is 18.0 Å². The molecule has 17 heavy (non-hydrogen) atoms. The second-order valence-corrected chi connectivity index (χ2v) is 4.05. The second kappa shape index (κ2) is 3.73. The first-order valence-corrected chi connectivity index (χ1v) is 5.05. The highest BCUT2D eigenvalue weighted by Crippen LogP contribution is 2.35. The minimum absolute atomic E-state index is 0.138. The number of halogens is 3. The van der Waals surface area contributed by atoms with Crippen molar-refractivity contribution in [3.05, 3.63) is 29.3 Å². The Morgan fingerprint density at radius 2 is 2.06 bits per heavy atom. The largest absolute Gasteiger partial charge is 0.416 e. The molecular formula is C11H11F3N2O. The van der Waals surface area contributed by atoms with Crippen LogP contribution in [0.15, 0.2) is 18.2 Å². The van der Waals surface area contributed by atoms with Gasteiger partial charge in [-0.05, 0) is 24.6 Å². The topological polar surface area (TPSA) is 46.3 Å². The highest BCUT2D eigenvalue weighted by molar-refractivity contribution is 6.03. The lowest BCUT2D eigenvalue weighted by Gasteiger charge is -2.36. The third-order valence-corrected chi connectivity index (χ3v) is 2.80. The SMILES string of the molecule is Cc1ccc(N2CC(N)C2=O)cc1C(F)(F)F. The highest BCUT2D eigenvalue weighted by Gasteiger charge is 2.37. The number of amides is 1. The van der Waals surface area contributed by atoms with E-state index in [0.29, 0.717) is 0 Å². The zero-order chi connectivity index (χ0) is 12.8. The molecule has 3 nitrogen and oxygen atoms in total. The van der Waals surface area contributed by atoms with Gasteiger partial charge in [0.05, 0.1) is 12.1 Å². The van der Waals surface area contributed by atoms with Gasteiger partial charge in [0.2, 0.25) is 5.91 Å². The minimum Gasteiger partial charge on any atom is -0.318 e. The van der Waals surface area contributed by atoms with Crippen molar-refractivity contribution in [1.82, 2.24) is 0 Å². The van der Waals surface area contributed by atoms with Crippen LogP contribution < -0.4 is 10.6 Å². The number of aryl methyl sites for hydroxylation is 1. The van der Waals surface area contributed by atoms with Crippen molar-refractivity contribution in [2.24, 2.45) is 5.73 Å². The number of rotatable bonds is 1. The van der Waals surface area contributed by atoms with Crippen LogP contribution in [0.2, 0.25) is 0 Å². The molecule has 0 spiro atoms. The molecule has 92 valence electrons. The molecule has 1 aliphatic rings. The molecular weight excluding hydrogens is 233 g/mol. The molecule has 0 saturated carbocycles. The average molecular weight is 244 g/mol. The summed E-state index contributed by atoms with van der Waals surface area (Å²) in [7, 11) is 0. The Labute approximate surface area is 96.0 Å². The number of hydrogen-bond donors (Lipinski definition) is 1. The van der Waals surface area contributed by atoms with Crippen molar-refractivity contribution >= 4 is 11.6 Å². The maximum atomic E-state index is 12.7. The highest BCUT2D eigenvalue weighted by atomic mass is 19.4. The van der Waals surface area contributed by atoms with Crippen molar-refractivity contribution in [2.45, 2.75) is 19.1 Å². The summed E-state index contributed by atoms with van der Waals surface area (Å²) >= 11 is 0. The summed E-state index contributed by atoms with van der Waals surface area (Å²) in [6.45, 7) is 1.65. The van der Waals surface area contributed by atoms with E-state index in [2.05, 4.69) is 0 Å². The summed E-state index contributed by atoms with van der Waals surface area (Å²) in [4.78, 5) is 12.6. The summed E-state index contributed by atoms with van der Waals surface area (Å²) < 4.78 is 38.0. The quantitative estimate of drug-likeness (QED) is 0.764. The van der Waals surface area contributed by atoms with Crippen LogP contribution in [-0.4, -0.2) is 18.5 Å². The zero-order valence-corrected chi connectivity index (χ0v) is 9.08. The molecule has 1 fully saturated rings. The number of carbonyl (C=O) groups excluding carboxylic acids is 1. The molecule has 1 aliphatic heterocycles. The van der Waals surface area contributed by atoms with Gasteiger partial charge in [0.15, 0.2) is 0 Å². The number of hydrogen-bond acceptors (Lipinski definition) is 2. The van der Waals surface area contributed by atoms with Gasteiger partial charge < -0.3 is 10.6 Å². The van der Waals surface area contributed by atoms with E-state index in [4.69, 9.17) is 5.73 Å². The minimum atomic E-state index is -4.41. The molecule has 1 aromatic carbocycles. The van der Waals surface area contributed by atoms with Gasteiger partial charge in [0, 0.05) is 5.69 Å². The van der Waals surface area contributed by atoms with E-state index in [0.717, 1.165) is 6.07 Å². The van der Waals surface area contributed by atoms with Gasteiger partial charge in [-0.15, -0.1) is 0 Å². The van der Waals surface area contributed by atoms with Gasteiger partial charge in [0.1, 0.15) is 6.04 Å². The predicted molar refractivity (Wildman–Crippen MR) is 56.5 cm³/mol. The van der Waals surface area contributed by atoms with Gasteiger partial charge in [0.25, 0.3) is 0 Å². The molecule has 2 rings (SSSR count). The molecule has 1 heterocycles. The van der Waals surface area contributed by atoms with Crippen LogP contribution in [0.3, 0.4) is 0 Å². The van der Waals surface area contributed by atoms with E-state index < -0.39 is 17.8 Å². The normalized spacial score (nSPS) is 20.4. The van der Waals surface area contributed by atoms with Crippen molar-refractivity contribution in [3.63, 3.8) is 0 Å². The van der Waals surface area contributed by atoms with Crippen LogP contribution in [0.5, 0.6) is 0 Å². The summed E-state index contributed by atoms with van der Waals surface area (Å²) in [5.74, 6) is -0.345. The predicted octanol–water partition coefficient (Wildman–Crippen LogP) is 1.69. The smallest absolute Gasteiger partial charge is 0.318 e. The lowest BCUT2D eigenvalue weighted by Crippen LogP contribution is -2.61. The monoisotopic (exact) mass is 244 g/mol. The number of benzene rings is 1. The van der Waals surface area contributed by atoms with E-state index in [1.807, 2.05) is 0 Å². The molecule has 0 aromatic heterocycles. The molecule has 1 unspecified atom stereocenters. The third-order valence-electron chi connectivity index (χ3n) is 2.80. The first kappa shape index (κ1) is 11.9. The van der Waals surface area contributed by atoms with Gasteiger partial charge >= 0.3 is 6.18 Å². The van der Waals surface area contributed by atoms with Crippen LogP contribution in [0.4, 0.5) is 18.9 Å². The lowest BCUT2D eigenvalue weighted by atomic mass is 10.0. The number of alkyl halides is 3. The van der Waals surface area contributed by atoms with Gasteiger partial charge in [-0.2, -0.15) is 13.2 Å². The molecule has 0 bridgehead atoms. The summed E-state index contributed by atoms with van der Waals surface area (Å²) in [5.41, 5.74) is 5.05. The van der Waals surface area contributed by atoms with Crippen molar-refractivity contribution in [1.29, 1.82) is 0 Å². The van der Waals surface area contributed by atoms with Crippen LogP contribution >= 0.6 is 0 Å². The van der Waals surface area contributed by atoms with Crippen LogP contribution in [0, 0.1) is 6.92 Å². The number of anilines is 1. The summed E-state index contributed by atoms with van der Waals surface area (Å²) in [6, 6.07) is 3.24. The first-order valence-electron chi connectivity index (χ1n) is 5.05. The Morgan fingerprint density at radius 1 is 1.41 bits per heavy atom. The number of carbonyl (C=O) groups is 1. The maximum Gasteiger partial charge on any atom is 0.416 e. The lowest BCUT2D eigenvalue weighted by molar-refractivity contribution is -0.138. The molecule has 1 atom stereocenters. The fourth-order valence-electron chi connectivity index (χ4n) is 1.77. The fraction of sp³-hybridized carbons (Fsp3) is 0.364. The molecule has 0 aliphatic carbocycles. The Hall–Kier alpha value is -1.56. The number of nitrogens with zero attached hydrogens (tertiary/aromatic N) is 1. The van der Waals surface area contributed by atoms with E-state index >= 15 is 0 Å². The summed E-state index contributed by atoms with van der Waals surface area (Å²) in [5, 5.41) is 0.